The Labute approximate surface area is 196 Å². The number of amidine groups is 1. The molecule has 0 amide bonds. The molecule has 164 valence electrons. The number of nitrogens with two attached hydrogens (primary N) is 1. The first kappa shape index (κ1) is 22.4. The minimum atomic E-state index is -3.91. The van der Waals surface area contributed by atoms with Crippen molar-refractivity contribution in [2.75, 3.05) is 18.5 Å². The van der Waals surface area contributed by atoms with Crippen LogP contribution in [0.5, 0.6) is 0 Å². The summed E-state index contributed by atoms with van der Waals surface area (Å²) in [6, 6.07) is 23.5. The molecule has 4 rings (SSSR count). The fraction of sp³-hybridized carbons (Fsp3) is 0.130. The summed E-state index contributed by atoms with van der Waals surface area (Å²) in [4.78, 5) is 0.0787. The molecule has 3 aromatic rings. The third kappa shape index (κ3) is 4.82. The molecule has 0 radical (unpaired) electrons. The molecule has 0 saturated heterocycles. The van der Waals surface area contributed by atoms with Crippen LogP contribution in [0.1, 0.15) is 17.0 Å². The van der Waals surface area contributed by atoms with Gasteiger partial charge in [-0.1, -0.05) is 65.8 Å². The molecule has 0 saturated carbocycles. The van der Waals surface area contributed by atoms with Crippen LogP contribution in [0.4, 0.5) is 5.69 Å². The predicted molar refractivity (Wildman–Crippen MR) is 133 cm³/mol. The Kier molecular flexibility index (Phi) is 6.55. The third-order valence-corrected chi connectivity index (χ3v) is 7.35. The summed E-state index contributed by atoms with van der Waals surface area (Å²) in [5.74, 6) is -0.0459. The molecule has 9 heteroatoms. The van der Waals surface area contributed by atoms with Crippen molar-refractivity contribution < 1.29 is 8.42 Å². The molecule has 1 aliphatic rings. The Morgan fingerprint density at radius 2 is 1.72 bits per heavy atom. The maximum atomic E-state index is 12.9. The molecule has 0 spiro atoms. The first-order valence-electron chi connectivity index (χ1n) is 9.79. The third-order valence-electron chi connectivity index (χ3n) is 5.04. The number of hydrogen-bond donors (Lipinski definition) is 1. The summed E-state index contributed by atoms with van der Waals surface area (Å²) < 4.78 is 29.8. The van der Waals surface area contributed by atoms with Gasteiger partial charge in [-0.15, -0.1) is 4.40 Å². The number of nitrogen functional groups attached to an aromatic ring is 1. The highest BCUT2D eigenvalue weighted by Gasteiger charge is 2.32. The van der Waals surface area contributed by atoms with Crippen molar-refractivity contribution in [3.05, 3.63) is 95.0 Å². The van der Waals surface area contributed by atoms with Crippen molar-refractivity contribution >= 4 is 50.0 Å². The first-order chi connectivity index (χ1) is 15.4. The van der Waals surface area contributed by atoms with Crippen LogP contribution in [0, 0.1) is 0 Å². The predicted octanol–water partition coefficient (Wildman–Crippen LogP) is 4.83. The highest BCUT2D eigenvalue weighted by atomic mass is 35.5. The van der Waals surface area contributed by atoms with Crippen LogP contribution < -0.4 is 5.73 Å². The van der Waals surface area contributed by atoms with Crippen molar-refractivity contribution in [3.63, 3.8) is 0 Å². The van der Waals surface area contributed by atoms with Gasteiger partial charge >= 0.3 is 0 Å². The van der Waals surface area contributed by atoms with Gasteiger partial charge in [-0.05, 0) is 53.8 Å². The smallest absolute Gasteiger partial charge is 0.284 e. The Morgan fingerprint density at radius 1 is 1.06 bits per heavy atom. The van der Waals surface area contributed by atoms with Gasteiger partial charge in [0.25, 0.3) is 10.0 Å². The van der Waals surface area contributed by atoms with E-state index in [2.05, 4.69) is 4.40 Å². The second-order valence-electron chi connectivity index (χ2n) is 7.16. The zero-order chi connectivity index (χ0) is 22.7. The number of nitrogens with zero attached hydrogens (tertiary/aromatic N) is 3. The maximum absolute atomic E-state index is 12.9. The van der Waals surface area contributed by atoms with Crippen molar-refractivity contribution in [1.82, 2.24) is 5.01 Å². The number of halogens is 1. The minimum Gasteiger partial charge on any atom is -0.399 e. The highest BCUT2D eigenvalue weighted by molar-refractivity contribution is 8.13. The number of anilines is 1. The largest absolute Gasteiger partial charge is 0.399 e. The zero-order valence-electron chi connectivity index (χ0n) is 17.2. The van der Waals surface area contributed by atoms with Gasteiger partial charge in [0, 0.05) is 16.6 Å². The lowest BCUT2D eigenvalue weighted by molar-refractivity contribution is 0.484. The summed E-state index contributed by atoms with van der Waals surface area (Å²) in [5, 5.41) is 7.19. The molecule has 0 aliphatic carbocycles. The van der Waals surface area contributed by atoms with E-state index in [-0.39, 0.29) is 10.8 Å². The standard InChI is InChI=1S/C23H21ClN4O2S2/c1-31-23(27-32(29,30)20-13-9-18(24)10-14-20)28-15-21(16-5-3-2-4-6-16)22(26-28)17-7-11-19(25)12-8-17/h2-14,21H,15,25H2,1H3. The first-order valence-corrected chi connectivity index (χ1v) is 12.8. The quantitative estimate of drug-likeness (QED) is 0.325. The van der Waals surface area contributed by atoms with E-state index in [1.807, 2.05) is 54.6 Å². The monoisotopic (exact) mass is 484 g/mol. The van der Waals surface area contributed by atoms with Gasteiger partial charge in [0.15, 0.2) is 5.17 Å². The van der Waals surface area contributed by atoms with Crippen LogP contribution >= 0.6 is 23.4 Å². The molecule has 6 nitrogen and oxygen atoms in total. The molecule has 0 aromatic heterocycles. The molecular weight excluding hydrogens is 464 g/mol. The summed E-state index contributed by atoms with van der Waals surface area (Å²) in [6.07, 6.45) is 1.78. The van der Waals surface area contributed by atoms with E-state index in [1.165, 1.54) is 36.0 Å². The van der Waals surface area contributed by atoms with Crippen molar-refractivity contribution in [3.8, 4) is 0 Å². The minimum absolute atomic E-state index is 0.0459. The van der Waals surface area contributed by atoms with Gasteiger partial charge in [0.05, 0.1) is 17.2 Å². The van der Waals surface area contributed by atoms with Gasteiger partial charge in [0.2, 0.25) is 0 Å². The van der Waals surface area contributed by atoms with Gasteiger partial charge in [-0.2, -0.15) is 13.5 Å². The van der Waals surface area contributed by atoms with Gasteiger partial charge in [0.1, 0.15) is 0 Å². The van der Waals surface area contributed by atoms with Crippen molar-refractivity contribution in [1.29, 1.82) is 0 Å². The average Bonchev–Trinajstić information content (AvgIpc) is 3.24. The lowest BCUT2D eigenvalue weighted by atomic mass is 9.90. The SMILES string of the molecule is CSC(=NS(=O)(=O)c1ccc(Cl)cc1)N1CC(c2ccccc2)C(c2ccc(N)cc2)=N1. The molecule has 2 N–H and O–H groups in total. The fourth-order valence-corrected chi connectivity index (χ4v) is 5.36. The van der Waals surface area contributed by atoms with E-state index in [1.54, 1.807) is 11.3 Å². The lowest BCUT2D eigenvalue weighted by Gasteiger charge is -2.17. The number of benzene rings is 3. The van der Waals surface area contributed by atoms with Crippen LogP contribution in [0.25, 0.3) is 0 Å². The van der Waals surface area contributed by atoms with Crippen molar-refractivity contribution in [2.24, 2.45) is 9.50 Å². The summed E-state index contributed by atoms with van der Waals surface area (Å²) >= 11 is 7.12. The normalized spacial score (nSPS) is 16.8. The molecule has 3 aromatic carbocycles. The van der Waals surface area contributed by atoms with E-state index >= 15 is 0 Å². The topological polar surface area (TPSA) is 88.1 Å². The van der Waals surface area contributed by atoms with Gasteiger partial charge in [-0.3, -0.25) is 0 Å². The number of rotatable bonds is 4. The molecule has 1 unspecified atom stereocenters. The highest BCUT2D eigenvalue weighted by Crippen LogP contribution is 2.31. The van der Waals surface area contributed by atoms with Crippen LogP contribution in [0.2, 0.25) is 5.02 Å². The van der Waals surface area contributed by atoms with E-state index in [0.29, 0.717) is 22.4 Å². The van der Waals surface area contributed by atoms with E-state index in [4.69, 9.17) is 22.4 Å². The van der Waals surface area contributed by atoms with Gasteiger partial charge < -0.3 is 5.73 Å². The van der Waals surface area contributed by atoms with E-state index < -0.39 is 10.0 Å². The zero-order valence-corrected chi connectivity index (χ0v) is 19.6. The molecular formula is C23H21ClN4O2S2. The number of sulfonamides is 1. The second kappa shape index (κ2) is 9.36. The van der Waals surface area contributed by atoms with Gasteiger partial charge in [-0.25, -0.2) is 5.01 Å². The van der Waals surface area contributed by atoms with Crippen molar-refractivity contribution in [2.45, 2.75) is 10.8 Å². The molecule has 1 atom stereocenters. The number of thioether (sulfide) groups is 1. The second-order valence-corrected chi connectivity index (χ2v) is 9.97. The number of hydrogen-bond acceptors (Lipinski definition) is 5. The van der Waals surface area contributed by atoms with E-state index in [9.17, 15) is 8.42 Å². The van der Waals surface area contributed by atoms with Crippen LogP contribution in [-0.2, 0) is 10.0 Å². The van der Waals surface area contributed by atoms with Crippen LogP contribution in [-0.4, -0.2) is 37.1 Å². The number of hydrazone groups is 1. The van der Waals surface area contributed by atoms with E-state index in [0.717, 1.165) is 16.8 Å². The Bertz CT molecular complexity index is 1260. The Balaban J connectivity index is 1.73. The average molecular weight is 485 g/mol. The van der Waals surface area contributed by atoms with Crippen LogP contribution in [0.3, 0.4) is 0 Å². The van der Waals surface area contributed by atoms with Crippen LogP contribution in [0.15, 0.2) is 93.3 Å². The Hall–Kier alpha value is -2.81. The molecule has 0 fully saturated rings. The Morgan fingerprint density at radius 3 is 2.34 bits per heavy atom. The molecule has 0 bridgehead atoms. The molecule has 32 heavy (non-hydrogen) atoms. The molecule has 1 heterocycles. The summed E-state index contributed by atoms with van der Waals surface area (Å²) in [5.41, 5.74) is 9.37. The summed E-state index contributed by atoms with van der Waals surface area (Å²) in [6.45, 7) is 0.472. The fourth-order valence-electron chi connectivity index (χ4n) is 3.43. The molecule has 1 aliphatic heterocycles. The lowest BCUT2D eigenvalue weighted by Crippen LogP contribution is -2.24. The maximum Gasteiger partial charge on any atom is 0.284 e. The summed E-state index contributed by atoms with van der Waals surface area (Å²) in [7, 11) is -3.91.